The Bertz CT molecular complexity index is 433. The van der Waals surface area contributed by atoms with Gasteiger partial charge in [0.2, 0.25) is 0 Å². The number of carbonyl (C=O) groups is 1. The van der Waals surface area contributed by atoms with Gasteiger partial charge in [0, 0.05) is 7.11 Å². The molecule has 92 valence electrons. The molecule has 17 heavy (non-hydrogen) atoms. The third-order valence-corrected chi connectivity index (χ3v) is 3.37. The minimum absolute atomic E-state index is 0.192. The summed E-state index contributed by atoms with van der Waals surface area (Å²) in [5.74, 6) is -0.248. The SMILES string of the molecule is COc1ccc(F)cc1C(=O)C1(OC)CCC1. The summed E-state index contributed by atoms with van der Waals surface area (Å²) in [6.45, 7) is 0. The first-order valence-corrected chi connectivity index (χ1v) is 5.56. The van der Waals surface area contributed by atoms with Gasteiger partial charge in [-0.3, -0.25) is 4.79 Å². The Hall–Kier alpha value is -1.42. The maximum absolute atomic E-state index is 13.2. The van der Waals surface area contributed by atoms with Gasteiger partial charge in [-0.05, 0) is 37.5 Å². The van der Waals surface area contributed by atoms with Crippen LogP contribution in [-0.2, 0) is 4.74 Å². The van der Waals surface area contributed by atoms with E-state index in [-0.39, 0.29) is 11.3 Å². The van der Waals surface area contributed by atoms with E-state index >= 15 is 0 Å². The number of methoxy groups -OCH3 is 2. The second kappa shape index (κ2) is 4.45. The average molecular weight is 238 g/mol. The molecule has 0 amide bonds. The van der Waals surface area contributed by atoms with Crippen LogP contribution in [0.25, 0.3) is 0 Å². The van der Waals surface area contributed by atoms with E-state index in [1.165, 1.54) is 32.4 Å². The quantitative estimate of drug-likeness (QED) is 0.756. The van der Waals surface area contributed by atoms with E-state index in [1.54, 1.807) is 0 Å². The molecule has 1 saturated carbocycles. The third-order valence-electron chi connectivity index (χ3n) is 3.37. The van der Waals surface area contributed by atoms with Crippen molar-refractivity contribution in [1.29, 1.82) is 0 Å². The average Bonchev–Trinajstić information content (AvgIpc) is 2.28. The number of Topliss-reactive ketones (excluding diaryl/α,β-unsaturated/α-hetero) is 1. The van der Waals surface area contributed by atoms with Gasteiger partial charge in [-0.1, -0.05) is 0 Å². The van der Waals surface area contributed by atoms with Crippen molar-refractivity contribution in [3.63, 3.8) is 0 Å². The van der Waals surface area contributed by atoms with E-state index in [1.807, 2.05) is 0 Å². The highest BCUT2D eigenvalue weighted by atomic mass is 19.1. The Balaban J connectivity index is 2.39. The fraction of sp³-hybridized carbons (Fsp3) is 0.462. The maximum Gasteiger partial charge on any atom is 0.198 e. The van der Waals surface area contributed by atoms with Gasteiger partial charge in [0.15, 0.2) is 5.78 Å². The minimum atomic E-state index is -0.777. The molecule has 0 aromatic heterocycles. The molecule has 0 saturated heterocycles. The topological polar surface area (TPSA) is 35.5 Å². The van der Waals surface area contributed by atoms with Gasteiger partial charge in [0.1, 0.15) is 17.2 Å². The molecule has 4 heteroatoms. The molecule has 0 unspecified atom stereocenters. The highest BCUT2D eigenvalue weighted by Gasteiger charge is 2.45. The number of carbonyl (C=O) groups excluding carboxylic acids is 1. The summed E-state index contributed by atoms with van der Waals surface area (Å²) in [6.07, 6.45) is 2.32. The van der Waals surface area contributed by atoms with Crippen LogP contribution in [0, 0.1) is 5.82 Å². The molecular weight excluding hydrogens is 223 g/mol. The van der Waals surface area contributed by atoms with Crippen molar-refractivity contribution in [3.05, 3.63) is 29.6 Å². The standard InChI is InChI=1S/C13H15FO3/c1-16-11-5-4-9(14)8-10(11)12(15)13(17-2)6-3-7-13/h4-5,8H,3,6-7H2,1-2H3. The van der Waals surface area contributed by atoms with Crippen LogP contribution >= 0.6 is 0 Å². The van der Waals surface area contributed by atoms with E-state index in [4.69, 9.17) is 9.47 Å². The molecule has 1 aliphatic rings. The normalized spacial score (nSPS) is 17.4. The molecule has 1 aliphatic carbocycles. The first-order valence-electron chi connectivity index (χ1n) is 5.56. The second-order valence-electron chi connectivity index (χ2n) is 4.23. The van der Waals surface area contributed by atoms with Crippen LogP contribution in [0.3, 0.4) is 0 Å². The van der Waals surface area contributed by atoms with Gasteiger partial charge in [-0.25, -0.2) is 4.39 Å². The summed E-state index contributed by atoms with van der Waals surface area (Å²) in [5.41, 5.74) is -0.518. The zero-order valence-corrected chi connectivity index (χ0v) is 9.96. The zero-order valence-electron chi connectivity index (χ0n) is 9.96. The molecular formula is C13H15FO3. The first-order chi connectivity index (χ1) is 8.13. The smallest absolute Gasteiger partial charge is 0.198 e. The third kappa shape index (κ3) is 1.93. The summed E-state index contributed by atoms with van der Waals surface area (Å²) in [4.78, 5) is 12.3. The van der Waals surface area contributed by atoms with Crippen molar-refractivity contribution in [3.8, 4) is 5.75 Å². The number of halogens is 1. The Morgan fingerprint density at radius 1 is 1.35 bits per heavy atom. The molecule has 0 N–H and O–H groups in total. The fourth-order valence-corrected chi connectivity index (χ4v) is 2.12. The van der Waals surface area contributed by atoms with Crippen LogP contribution < -0.4 is 4.74 Å². The van der Waals surface area contributed by atoms with E-state index in [9.17, 15) is 9.18 Å². The first kappa shape index (κ1) is 12.0. The second-order valence-corrected chi connectivity index (χ2v) is 4.23. The number of benzene rings is 1. The van der Waals surface area contributed by atoms with Crippen molar-refractivity contribution < 1.29 is 18.7 Å². The van der Waals surface area contributed by atoms with E-state index in [2.05, 4.69) is 0 Å². The molecule has 1 aromatic carbocycles. The molecule has 0 atom stereocenters. The number of hydrogen-bond acceptors (Lipinski definition) is 3. The number of hydrogen-bond donors (Lipinski definition) is 0. The number of ketones is 1. The zero-order chi connectivity index (χ0) is 12.5. The summed E-state index contributed by atoms with van der Waals surface area (Å²) >= 11 is 0. The number of rotatable bonds is 4. The van der Waals surface area contributed by atoms with Gasteiger partial charge in [0.25, 0.3) is 0 Å². The van der Waals surface area contributed by atoms with Crippen molar-refractivity contribution >= 4 is 5.78 Å². The Kier molecular flexibility index (Phi) is 3.15. The summed E-state index contributed by atoms with van der Waals surface area (Å²) < 4.78 is 23.6. The summed E-state index contributed by atoms with van der Waals surface area (Å²) in [5, 5.41) is 0. The summed E-state index contributed by atoms with van der Waals surface area (Å²) in [6, 6.07) is 3.95. The molecule has 1 aromatic rings. The van der Waals surface area contributed by atoms with Crippen molar-refractivity contribution in [1.82, 2.24) is 0 Å². The van der Waals surface area contributed by atoms with Crippen molar-refractivity contribution in [2.24, 2.45) is 0 Å². The molecule has 1 fully saturated rings. The van der Waals surface area contributed by atoms with Crippen LogP contribution in [0.2, 0.25) is 0 Å². The lowest BCUT2D eigenvalue weighted by Crippen LogP contribution is -2.47. The highest BCUT2D eigenvalue weighted by Crippen LogP contribution is 2.39. The Labute approximate surface area is 99.5 Å². The Morgan fingerprint density at radius 2 is 2.06 bits per heavy atom. The van der Waals surface area contributed by atoms with E-state index in [0.29, 0.717) is 18.6 Å². The molecule has 0 radical (unpaired) electrons. The van der Waals surface area contributed by atoms with Crippen molar-refractivity contribution in [2.45, 2.75) is 24.9 Å². The van der Waals surface area contributed by atoms with E-state index < -0.39 is 11.4 Å². The maximum atomic E-state index is 13.2. The lowest BCUT2D eigenvalue weighted by Gasteiger charge is -2.39. The van der Waals surface area contributed by atoms with Crippen LogP contribution in [0.4, 0.5) is 4.39 Å². The van der Waals surface area contributed by atoms with Gasteiger partial charge in [0.05, 0.1) is 12.7 Å². The minimum Gasteiger partial charge on any atom is -0.496 e. The van der Waals surface area contributed by atoms with Crippen molar-refractivity contribution in [2.75, 3.05) is 14.2 Å². The lowest BCUT2D eigenvalue weighted by atomic mass is 9.74. The largest absolute Gasteiger partial charge is 0.496 e. The molecule has 0 aliphatic heterocycles. The van der Waals surface area contributed by atoms with Gasteiger partial charge in [-0.15, -0.1) is 0 Å². The van der Waals surface area contributed by atoms with Gasteiger partial charge >= 0.3 is 0 Å². The molecule has 0 heterocycles. The molecule has 0 spiro atoms. The Morgan fingerprint density at radius 3 is 2.53 bits per heavy atom. The fourth-order valence-electron chi connectivity index (χ4n) is 2.12. The molecule has 0 bridgehead atoms. The molecule has 2 rings (SSSR count). The summed E-state index contributed by atoms with van der Waals surface area (Å²) in [7, 11) is 2.98. The van der Waals surface area contributed by atoms with Crippen LogP contribution in [0.1, 0.15) is 29.6 Å². The van der Waals surface area contributed by atoms with E-state index in [0.717, 1.165) is 6.42 Å². The molecule has 3 nitrogen and oxygen atoms in total. The lowest BCUT2D eigenvalue weighted by molar-refractivity contribution is -0.0449. The van der Waals surface area contributed by atoms with Gasteiger partial charge < -0.3 is 9.47 Å². The predicted molar refractivity (Wildman–Crippen MR) is 60.9 cm³/mol. The monoisotopic (exact) mass is 238 g/mol. The predicted octanol–water partition coefficient (Wildman–Crippen LogP) is 2.59. The van der Waals surface area contributed by atoms with Crippen LogP contribution in [-0.4, -0.2) is 25.6 Å². The highest BCUT2D eigenvalue weighted by molar-refractivity contribution is 6.05. The number of ether oxygens (including phenoxy) is 2. The van der Waals surface area contributed by atoms with Gasteiger partial charge in [-0.2, -0.15) is 0 Å². The van der Waals surface area contributed by atoms with Crippen LogP contribution in [0.5, 0.6) is 5.75 Å². The van der Waals surface area contributed by atoms with Crippen LogP contribution in [0.15, 0.2) is 18.2 Å².